The molecule has 0 aliphatic rings. The van der Waals surface area contributed by atoms with E-state index in [9.17, 15) is 0 Å². The normalized spacial score (nSPS) is 11.3. The van der Waals surface area contributed by atoms with Gasteiger partial charge in [0.05, 0.1) is 17.9 Å². The summed E-state index contributed by atoms with van der Waals surface area (Å²) in [5, 5.41) is 8.65. The van der Waals surface area contributed by atoms with E-state index in [2.05, 4.69) is 20.6 Å². The van der Waals surface area contributed by atoms with Gasteiger partial charge >= 0.3 is 0 Å². The molecule has 1 heterocycles. The van der Waals surface area contributed by atoms with Crippen molar-refractivity contribution in [3.05, 3.63) is 78.9 Å². The molecule has 104 valence electrons. The highest BCUT2D eigenvalue weighted by Crippen LogP contribution is 2.08. The van der Waals surface area contributed by atoms with Crippen LogP contribution in [0.25, 0.3) is 0 Å². The predicted octanol–water partition coefficient (Wildman–Crippen LogP) is 2.79. The molecule has 3 rings (SSSR count). The van der Waals surface area contributed by atoms with E-state index in [-0.39, 0.29) is 0 Å². The molecule has 0 radical (unpaired) electrons. The molecule has 21 heavy (non-hydrogen) atoms. The smallest absolute Gasteiger partial charge is 0.137 e. The van der Waals surface area contributed by atoms with E-state index in [0.717, 1.165) is 17.0 Å². The fourth-order valence-electron chi connectivity index (χ4n) is 1.93. The van der Waals surface area contributed by atoms with E-state index in [1.165, 1.54) is 6.33 Å². The summed E-state index contributed by atoms with van der Waals surface area (Å²) in [6.45, 7) is 0.559. The second-order valence-corrected chi connectivity index (χ2v) is 4.50. The van der Waals surface area contributed by atoms with Crippen LogP contribution in [0, 0.1) is 0 Å². The Balaban J connectivity index is 1.85. The zero-order chi connectivity index (χ0) is 14.3. The first kappa shape index (κ1) is 13.1. The van der Waals surface area contributed by atoms with Crippen LogP contribution in [0.2, 0.25) is 0 Å². The van der Waals surface area contributed by atoms with E-state index in [0.29, 0.717) is 6.54 Å². The fourth-order valence-corrected chi connectivity index (χ4v) is 1.93. The molecule has 3 aromatic rings. The Labute approximate surface area is 123 Å². The number of hydrazone groups is 1. The lowest BCUT2D eigenvalue weighted by Crippen LogP contribution is -2.14. The first-order chi connectivity index (χ1) is 10.4. The van der Waals surface area contributed by atoms with Gasteiger partial charge in [0.2, 0.25) is 0 Å². The van der Waals surface area contributed by atoms with E-state index in [1.54, 1.807) is 11.0 Å². The Morgan fingerprint density at radius 2 is 1.71 bits per heavy atom. The van der Waals surface area contributed by atoms with Gasteiger partial charge in [0.25, 0.3) is 0 Å². The molecule has 1 N–H and O–H groups in total. The maximum Gasteiger partial charge on any atom is 0.137 e. The van der Waals surface area contributed by atoms with Crippen molar-refractivity contribution in [1.29, 1.82) is 0 Å². The minimum atomic E-state index is 0.559. The summed E-state index contributed by atoms with van der Waals surface area (Å²) in [5.41, 5.74) is 5.98. The predicted molar refractivity (Wildman–Crippen MR) is 83.1 cm³/mol. The molecule has 0 saturated heterocycles. The molecule has 0 saturated carbocycles. The number of para-hydroxylation sites is 1. The van der Waals surface area contributed by atoms with Crippen molar-refractivity contribution in [1.82, 2.24) is 14.8 Å². The molecule has 0 amide bonds. The maximum atomic E-state index is 4.52. The molecule has 2 aromatic carbocycles. The van der Waals surface area contributed by atoms with Gasteiger partial charge in [-0.25, -0.2) is 9.67 Å². The van der Waals surface area contributed by atoms with Gasteiger partial charge in [0.15, 0.2) is 0 Å². The lowest BCUT2D eigenvalue weighted by Gasteiger charge is -2.08. The number of nitrogens with zero attached hydrogens (tertiary/aromatic N) is 4. The molecule has 0 aliphatic carbocycles. The molecule has 5 nitrogen and oxygen atoms in total. The maximum absolute atomic E-state index is 4.52. The summed E-state index contributed by atoms with van der Waals surface area (Å²) in [7, 11) is 0. The average molecular weight is 277 g/mol. The highest BCUT2D eigenvalue weighted by atomic mass is 15.3. The van der Waals surface area contributed by atoms with Gasteiger partial charge in [-0.3, -0.25) is 5.43 Å². The largest absolute Gasteiger partial charge is 0.278 e. The minimum absolute atomic E-state index is 0.559. The monoisotopic (exact) mass is 277 g/mol. The Morgan fingerprint density at radius 3 is 2.38 bits per heavy atom. The van der Waals surface area contributed by atoms with Gasteiger partial charge in [0.1, 0.15) is 12.7 Å². The van der Waals surface area contributed by atoms with Crippen LogP contribution in [0.4, 0.5) is 5.69 Å². The molecule has 0 bridgehead atoms. The van der Waals surface area contributed by atoms with Crippen LogP contribution >= 0.6 is 0 Å². The van der Waals surface area contributed by atoms with E-state index < -0.39 is 0 Å². The van der Waals surface area contributed by atoms with Crippen LogP contribution in [0.15, 0.2) is 78.4 Å². The number of nitrogens with one attached hydrogen (secondary N) is 1. The fraction of sp³-hybridized carbons (Fsp3) is 0.0625. The number of rotatable bonds is 5. The number of hydrogen-bond acceptors (Lipinski definition) is 4. The highest BCUT2D eigenvalue weighted by Gasteiger charge is 2.05. The van der Waals surface area contributed by atoms with Crippen LogP contribution in [0.3, 0.4) is 0 Å². The van der Waals surface area contributed by atoms with Crippen molar-refractivity contribution < 1.29 is 0 Å². The van der Waals surface area contributed by atoms with Crippen molar-refractivity contribution in [2.45, 2.75) is 6.54 Å². The summed E-state index contributed by atoms with van der Waals surface area (Å²) in [5.74, 6) is 0. The average Bonchev–Trinajstić information content (AvgIpc) is 3.06. The highest BCUT2D eigenvalue weighted by molar-refractivity contribution is 6.00. The molecular weight excluding hydrogens is 262 g/mol. The van der Waals surface area contributed by atoms with E-state index in [4.69, 9.17) is 0 Å². The molecule has 0 atom stereocenters. The van der Waals surface area contributed by atoms with Crippen molar-refractivity contribution in [2.24, 2.45) is 5.10 Å². The molecule has 0 spiro atoms. The molecule has 0 fully saturated rings. The van der Waals surface area contributed by atoms with E-state index in [1.807, 2.05) is 60.7 Å². The summed E-state index contributed by atoms with van der Waals surface area (Å²) >= 11 is 0. The van der Waals surface area contributed by atoms with Gasteiger partial charge in [0, 0.05) is 0 Å². The number of benzene rings is 2. The van der Waals surface area contributed by atoms with Crippen LogP contribution in [-0.2, 0) is 6.54 Å². The summed E-state index contributed by atoms with van der Waals surface area (Å²) in [4.78, 5) is 3.96. The standard InChI is InChI=1S/C16H15N5/c1-3-7-14(8-4-1)16(11-21-13-17-12-18-21)20-19-15-9-5-2-6-10-15/h1-10,12-13,19H,11H2/b20-16-. The van der Waals surface area contributed by atoms with E-state index >= 15 is 0 Å². The first-order valence-corrected chi connectivity index (χ1v) is 6.67. The minimum Gasteiger partial charge on any atom is -0.278 e. The topological polar surface area (TPSA) is 55.1 Å². The number of aromatic nitrogens is 3. The quantitative estimate of drug-likeness (QED) is 0.576. The third-order valence-electron chi connectivity index (χ3n) is 2.98. The lowest BCUT2D eigenvalue weighted by molar-refractivity contribution is 0.721. The molecule has 0 unspecified atom stereocenters. The van der Waals surface area contributed by atoms with Gasteiger partial charge < -0.3 is 0 Å². The molecule has 5 heteroatoms. The van der Waals surface area contributed by atoms with Crippen molar-refractivity contribution in [2.75, 3.05) is 5.43 Å². The molecular formula is C16H15N5. The summed E-state index contributed by atoms with van der Waals surface area (Å²) < 4.78 is 1.75. The van der Waals surface area contributed by atoms with Gasteiger partial charge in [-0.1, -0.05) is 48.5 Å². The second kappa shape index (κ2) is 6.47. The SMILES string of the molecule is c1ccc(N/N=C(/Cn2cncn2)c2ccccc2)cc1. The Kier molecular flexibility index (Phi) is 4.02. The zero-order valence-corrected chi connectivity index (χ0v) is 11.4. The number of hydrogen-bond donors (Lipinski definition) is 1. The summed E-state index contributed by atoms with van der Waals surface area (Å²) in [6, 6.07) is 19.9. The lowest BCUT2D eigenvalue weighted by atomic mass is 10.1. The zero-order valence-electron chi connectivity index (χ0n) is 11.4. The first-order valence-electron chi connectivity index (χ1n) is 6.67. The Hall–Kier alpha value is -2.95. The van der Waals surface area contributed by atoms with Gasteiger partial charge in [-0.05, 0) is 17.7 Å². The van der Waals surface area contributed by atoms with Gasteiger partial charge in [-0.2, -0.15) is 10.2 Å². The summed E-state index contributed by atoms with van der Waals surface area (Å²) in [6.07, 6.45) is 3.20. The third-order valence-corrected chi connectivity index (χ3v) is 2.98. The van der Waals surface area contributed by atoms with Crippen LogP contribution in [0.1, 0.15) is 5.56 Å². The molecule has 1 aromatic heterocycles. The van der Waals surface area contributed by atoms with Crippen LogP contribution < -0.4 is 5.43 Å². The number of anilines is 1. The Morgan fingerprint density at radius 1 is 1.00 bits per heavy atom. The molecule has 0 aliphatic heterocycles. The van der Waals surface area contributed by atoms with Crippen molar-refractivity contribution in [3.8, 4) is 0 Å². The van der Waals surface area contributed by atoms with Crippen LogP contribution in [0.5, 0.6) is 0 Å². The second-order valence-electron chi connectivity index (χ2n) is 4.50. The van der Waals surface area contributed by atoms with Crippen LogP contribution in [-0.4, -0.2) is 20.5 Å². The Bertz CT molecular complexity index is 690. The van der Waals surface area contributed by atoms with Crippen molar-refractivity contribution >= 4 is 11.4 Å². The van der Waals surface area contributed by atoms with Crippen molar-refractivity contribution in [3.63, 3.8) is 0 Å². The third kappa shape index (κ3) is 3.54. The van der Waals surface area contributed by atoms with Gasteiger partial charge in [-0.15, -0.1) is 0 Å².